The molecule has 0 radical (unpaired) electrons. The lowest BCUT2D eigenvalue weighted by Crippen LogP contribution is -2.37. The molecule has 7 nitrogen and oxygen atoms in total. The number of benzene rings is 1. The molecule has 37 heavy (non-hydrogen) atoms. The predicted molar refractivity (Wildman–Crippen MR) is 126 cm³/mol. The zero-order valence-corrected chi connectivity index (χ0v) is 20.4. The fourth-order valence-electron chi connectivity index (χ4n) is 4.78. The van der Waals surface area contributed by atoms with E-state index in [2.05, 4.69) is 9.72 Å². The van der Waals surface area contributed by atoms with E-state index in [1.807, 2.05) is 24.5 Å². The fraction of sp³-hybridized carbons (Fsp3) is 0.423. The van der Waals surface area contributed by atoms with Gasteiger partial charge in [0.15, 0.2) is 11.6 Å². The molecule has 1 amide bonds. The van der Waals surface area contributed by atoms with Crippen molar-refractivity contribution in [2.45, 2.75) is 59.0 Å². The second kappa shape index (κ2) is 10.0. The number of amides is 1. The van der Waals surface area contributed by atoms with E-state index in [0.29, 0.717) is 37.1 Å². The molecule has 0 unspecified atom stereocenters. The number of carboxylic acid groups (broad SMARTS) is 1. The number of carbonyl (C=O) groups excluding carboxylic acids is 1. The SMILES string of the molecule is CC(C)(CCC(=O)N1CCc2c(n(Cc3ccc(OC(F)(F)F)c(F)c3)c3ncccc23)C1)CC(=O)O. The minimum Gasteiger partial charge on any atom is -0.481 e. The van der Waals surface area contributed by atoms with Crippen molar-refractivity contribution in [3.8, 4) is 5.75 Å². The lowest BCUT2D eigenvalue weighted by atomic mass is 9.84. The van der Waals surface area contributed by atoms with Crippen LogP contribution in [-0.4, -0.2) is 44.3 Å². The fourth-order valence-corrected chi connectivity index (χ4v) is 4.78. The molecule has 11 heteroatoms. The van der Waals surface area contributed by atoms with Crippen molar-refractivity contribution in [1.82, 2.24) is 14.5 Å². The Hall–Kier alpha value is -3.63. The summed E-state index contributed by atoms with van der Waals surface area (Å²) in [6, 6.07) is 7.03. The van der Waals surface area contributed by atoms with Gasteiger partial charge in [-0.25, -0.2) is 9.37 Å². The molecule has 0 saturated carbocycles. The summed E-state index contributed by atoms with van der Waals surface area (Å²) in [6.45, 7) is 4.56. The number of alkyl halides is 3. The van der Waals surface area contributed by atoms with Gasteiger partial charge in [0.2, 0.25) is 5.91 Å². The van der Waals surface area contributed by atoms with Crippen molar-refractivity contribution in [2.24, 2.45) is 5.41 Å². The first-order chi connectivity index (χ1) is 17.3. The van der Waals surface area contributed by atoms with E-state index in [-0.39, 0.29) is 25.3 Å². The Bertz CT molecular complexity index is 1330. The number of aliphatic carboxylic acids is 1. The molecule has 0 bridgehead atoms. The average molecular weight is 522 g/mol. The van der Waals surface area contributed by atoms with Crippen molar-refractivity contribution in [1.29, 1.82) is 0 Å². The number of fused-ring (bicyclic) bond motifs is 3. The van der Waals surface area contributed by atoms with Crippen LogP contribution in [0.15, 0.2) is 36.5 Å². The largest absolute Gasteiger partial charge is 0.573 e. The number of carboxylic acids is 1. The summed E-state index contributed by atoms with van der Waals surface area (Å²) >= 11 is 0. The Kier molecular flexibility index (Phi) is 7.16. The van der Waals surface area contributed by atoms with E-state index in [9.17, 15) is 27.2 Å². The van der Waals surface area contributed by atoms with Gasteiger partial charge in [-0.2, -0.15) is 0 Å². The summed E-state index contributed by atoms with van der Waals surface area (Å²) in [5.74, 6) is -3.04. The second-order valence-corrected chi connectivity index (χ2v) is 10.00. The molecule has 2 aromatic heterocycles. The summed E-state index contributed by atoms with van der Waals surface area (Å²) in [4.78, 5) is 30.3. The van der Waals surface area contributed by atoms with Gasteiger partial charge in [-0.15, -0.1) is 13.2 Å². The smallest absolute Gasteiger partial charge is 0.481 e. The molecule has 1 aliphatic heterocycles. The minimum absolute atomic E-state index is 0.0340. The maximum absolute atomic E-state index is 14.4. The van der Waals surface area contributed by atoms with Gasteiger partial charge in [-0.05, 0) is 53.6 Å². The van der Waals surface area contributed by atoms with Gasteiger partial charge in [0.1, 0.15) is 5.65 Å². The van der Waals surface area contributed by atoms with E-state index in [0.717, 1.165) is 28.8 Å². The Labute approximate surface area is 210 Å². The van der Waals surface area contributed by atoms with Crippen molar-refractivity contribution in [3.05, 3.63) is 59.2 Å². The zero-order chi connectivity index (χ0) is 27.0. The molecule has 198 valence electrons. The molecule has 0 fully saturated rings. The van der Waals surface area contributed by atoms with Crippen LogP contribution in [0.2, 0.25) is 0 Å². The molecule has 4 rings (SSSR count). The zero-order valence-electron chi connectivity index (χ0n) is 20.4. The molecule has 3 heterocycles. The van der Waals surface area contributed by atoms with Gasteiger partial charge in [0, 0.05) is 36.8 Å². The third kappa shape index (κ3) is 6.20. The van der Waals surface area contributed by atoms with Crippen LogP contribution < -0.4 is 4.74 Å². The van der Waals surface area contributed by atoms with Crippen LogP contribution in [0.4, 0.5) is 17.6 Å². The van der Waals surface area contributed by atoms with Crippen LogP contribution in [0.3, 0.4) is 0 Å². The van der Waals surface area contributed by atoms with Crippen LogP contribution in [0, 0.1) is 11.2 Å². The van der Waals surface area contributed by atoms with Crippen molar-refractivity contribution < 1.29 is 37.0 Å². The molecular formula is C26H27F4N3O4. The molecule has 1 N–H and O–H groups in total. The molecule has 1 aromatic carbocycles. The Morgan fingerprint density at radius 3 is 2.62 bits per heavy atom. The van der Waals surface area contributed by atoms with Crippen LogP contribution in [-0.2, 0) is 29.1 Å². The lowest BCUT2D eigenvalue weighted by Gasteiger charge is -2.30. The number of rotatable bonds is 8. The summed E-state index contributed by atoms with van der Waals surface area (Å²) in [7, 11) is 0. The van der Waals surface area contributed by atoms with E-state index in [1.165, 1.54) is 6.07 Å². The highest BCUT2D eigenvalue weighted by atomic mass is 19.4. The topological polar surface area (TPSA) is 84.7 Å². The standard InChI is InChI=1S/C26H27F4N3O4/c1-25(2,13-23(35)36)9-7-22(34)32-11-8-17-18-4-3-10-31-24(18)33(20(17)15-32)14-16-5-6-21(19(27)12-16)37-26(28,29)30/h3-6,10,12H,7-9,11,13-15H2,1-2H3,(H,35,36). The van der Waals surface area contributed by atoms with Gasteiger partial charge < -0.3 is 19.3 Å². The highest BCUT2D eigenvalue weighted by Gasteiger charge is 2.33. The third-order valence-electron chi connectivity index (χ3n) is 6.57. The Balaban J connectivity index is 1.58. The van der Waals surface area contributed by atoms with Crippen molar-refractivity contribution >= 4 is 22.9 Å². The number of carbonyl (C=O) groups is 2. The molecular weight excluding hydrogens is 494 g/mol. The molecule has 0 spiro atoms. The minimum atomic E-state index is -5.00. The highest BCUT2D eigenvalue weighted by Crippen LogP contribution is 2.33. The molecule has 0 saturated heterocycles. The van der Waals surface area contributed by atoms with Crippen LogP contribution >= 0.6 is 0 Å². The average Bonchev–Trinajstić information content (AvgIpc) is 3.11. The number of pyridine rings is 1. The summed E-state index contributed by atoms with van der Waals surface area (Å²) in [6.07, 6.45) is -2.19. The third-order valence-corrected chi connectivity index (χ3v) is 6.57. The van der Waals surface area contributed by atoms with Gasteiger partial charge >= 0.3 is 12.3 Å². The highest BCUT2D eigenvalue weighted by molar-refractivity contribution is 5.84. The molecule has 1 aliphatic rings. The first-order valence-electron chi connectivity index (χ1n) is 11.8. The summed E-state index contributed by atoms with van der Waals surface area (Å²) in [5, 5.41) is 10.00. The van der Waals surface area contributed by atoms with Crippen molar-refractivity contribution in [3.63, 3.8) is 0 Å². The number of hydrogen-bond acceptors (Lipinski definition) is 4. The quantitative estimate of drug-likeness (QED) is 0.408. The summed E-state index contributed by atoms with van der Waals surface area (Å²) in [5.41, 5.74) is 2.38. The number of nitrogens with zero attached hydrogens (tertiary/aromatic N) is 3. The lowest BCUT2D eigenvalue weighted by molar-refractivity contribution is -0.275. The van der Waals surface area contributed by atoms with E-state index < -0.39 is 29.3 Å². The number of halogens is 4. The first-order valence-corrected chi connectivity index (χ1v) is 11.8. The molecule has 0 aliphatic carbocycles. The maximum atomic E-state index is 14.4. The summed E-state index contributed by atoms with van der Waals surface area (Å²) < 4.78 is 57.5. The van der Waals surface area contributed by atoms with Crippen LogP contribution in [0.5, 0.6) is 5.75 Å². The normalized spacial score (nSPS) is 14.1. The van der Waals surface area contributed by atoms with Gasteiger partial charge in [-0.3, -0.25) is 9.59 Å². The number of hydrogen-bond donors (Lipinski definition) is 1. The van der Waals surface area contributed by atoms with E-state index >= 15 is 0 Å². The van der Waals surface area contributed by atoms with Gasteiger partial charge in [0.25, 0.3) is 0 Å². The second-order valence-electron chi connectivity index (χ2n) is 10.00. The van der Waals surface area contributed by atoms with Crippen LogP contribution in [0.25, 0.3) is 11.0 Å². The Morgan fingerprint density at radius 1 is 1.19 bits per heavy atom. The van der Waals surface area contributed by atoms with Gasteiger partial charge in [-0.1, -0.05) is 19.9 Å². The number of ether oxygens (including phenoxy) is 1. The van der Waals surface area contributed by atoms with Crippen LogP contribution in [0.1, 0.15) is 49.9 Å². The number of aromatic nitrogens is 2. The van der Waals surface area contributed by atoms with E-state index in [1.54, 1.807) is 17.2 Å². The monoisotopic (exact) mass is 521 g/mol. The predicted octanol–water partition coefficient (Wildman–Crippen LogP) is 5.29. The van der Waals surface area contributed by atoms with E-state index in [4.69, 9.17) is 5.11 Å². The van der Waals surface area contributed by atoms with Gasteiger partial charge in [0.05, 0.1) is 13.0 Å². The van der Waals surface area contributed by atoms with Crippen molar-refractivity contribution in [2.75, 3.05) is 6.54 Å². The molecule has 0 atom stereocenters. The first kappa shape index (κ1) is 26.4. The maximum Gasteiger partial charge on any atom is 0.573 e. The molecule has 3 aromatic rings. The Morgan fingerprint density at radius 2 is 1.95 bits per heavy atom.